The molecule has 0 aromatic rings. The van der Waals surface area contributed by atoms with Gasteiger partial charge in [-0.3, -0.25) is 0 Å². The van der Waals surface area contributed by atoms with Crippen LogP contribution in [0.25, 0.3) is 0 Å². The highest BCUT2D eigenvalue weighted by atomic mass is 19.4. The first-order valence-corrected chi connectivity index (χ1v) is 7.20. The van der Waals surface area contributed by atoms with E-state index in [0.717, 1.165) is 32.4 Å². The number of hydrogen-bond acceptors (Lipinski definition) is 2. The molecule has 0 aliphatic carbocycles. The van der Waals surface area contributed by atoms with Gasteiger partial charge in [0.25, 0.3) is 0 Å². The lowest BCUT2D eigenvalue weighted by Gasteiger charge is -2.18. The molecule has 0 rings (SSSR count). The summed E-state index contributed by atoms with van der Waals surface area (Å²) in [6, 6.07) is 0. The van der Waals surface area contributed by atoms with Crippen molar-refractivity contribution in [2.24, 2.45) is 11.8 Å². The lowest BCUT2D eigenvalue weighted by atomic mass is 9.98. The maximum absolute atomic E-state index is 11.9. The molecule has 2 nitrogen and oxygen atoms in total. The highest BCUT2D eigenvalue weighted by molar-refractivity contribution is 4.63. The van der Waals surface area contributed by atoms with Gasteiger partial charge >= 0.3 is 6.18 Å². The fourth-order valence-electron chi connectivity index (χ4n) is 1.99. The summed E-state index contributed by atoms with van der Waals surface area (Å²) in [6.45, 7) is 7.46. The van der Waals surface area contributed by atoms with Crippen molar-refractivity contribution in [3.05, 3.63) is 0 Å². The van der Waals surface area contributed by atoms with E-state index in [2.05, 4.69) is 30.8 Å². The molecule has 0 radical (unpaired) electrons. The summed E-state index contributed by atoms with van der Waals surface area (Å²) < 4.78 is 40.2. The second kappa shape index (κ2) is 10.5. The van der Waals surface area contributed by atoms with Gasteiger partial charge in [0.2, 0.25) is 0 Å². The first-order valence-electron chi connectivity index (χ1n) is 7.20. The third kappa shape index (κ3) is 13.9. The van der Waals surface area contributed by atoms with Crippen molar-refractivity contribution in [2.75, 3.05) is 26.3 Å². The molecule has 1 unspecified atom stereocenters. The maximum atomic E-state index is 11.9. The molecule has 0 fully saturated rings. The third-order valence-electron chi connectivity index (χ3n) is 2.85. The molecule has 0 bridgehead atoms. The molecule has 0 saturated heterocycles. The number of hydrogen-bond donors (Lipinski definition) is 1. The Morgan fingerprint density at radius 1 is 1.11 bits per heavy atom. The van der Waals surface area contributed by atoms with E-state index in [0.29, 0.717) is 18.3 Å². The predicted molar refractivity (Wildman–Crippen MR) is 72.2 cm³/mol. The highest BCUT2D eigenvalue weighted by Crippen LogP contribution is 2.16. The summed E-state index contributed by atoms with van der Waals surface area (Å²) in [5, 5.41) is 3.41. The van der Waals surface area contributed by atoms with Crippen molar-refractivity contribution in [3.63, 3.8) is 0 Å². The van der Waals surface area contributed by atoms with Crippen molar-refractivity contribution in [1.29, 1.82) is 0 Å². The van der Waals surface area contributed by atoms with E-state index in [1.54, 1.807) is 0 Å². The minimum Gasteiger partial charge on any atom is -0.372 e. The number of ether oxygens (including phenoxy) is 1. The van der Waals surface area contributed by atoms with Gasteiger partial charge in [-0.2, -0.15) is 13.2 Å². The van der Waals surface area contributed by atoms with Gasteiger partial charge in [-0.25, -0.2) is 0 Å². The van der Waals surface area contributed by atoms with Crippen LogP contribution < -0.4 is 5.32 Å². The van der Waals surface area contributed by atoms with Gasteiger partial charge in [-0.1, -0.05) is 27.2 Å². The van der Waals surface area contributed by atoms with Crippen molar-refractivity contribution in [3.8, 4) is 0 Å². The van der Waals surface area contributed by atoms with Crippen LogP contribution >= 0.6 is 0 Å². The zero-order chi connectivity index (χ0) is 14.7. The molecule has 116 valence electrons. The first-order chi connectivity index (χ1) is 8.85. The van der Waals surface area contributed by atoms with Crippen molar-refractivity contribution in [2.45, 2.75) is 52.6 Å². The van der Waals surface area contributed by atoms with E-state index < -0.39 is 12.8 Å². The SMILES string of the molecule is CCCC(CCCOCC(F)(F)F)CNCC(C)C. The van der Waals surface area contributed by atoms with Crippen LogP contribution in [0.3, 0.4) is 0 Å². The summed E-state index contributed by atoms with van der Waals surface area (Å²) in [7, 11) is 0. The fourth-order valence-corrected chi connectivity index (χ4v) is 1.99. The van der Waals surface area contributed by atoms with Gasteiger partial charge in [0.15, 0.2) is 0 Å². The van der Waals surface area contributed by atoms with E-state index in [-0.39, 0.29) is 6.61 Å². The summed E-state index contributed by atoms with van der Waals surface area (Å²) >= 11 is 0. The number of halogens is 3. The van der Waals surface area contributed by atoms with Crippen LogP contribution in [-0.4, -0.2) is 32.5 Å². The molecular weight excluding hydrogens is 255 g/mol. The van der Waals surface area contributed by atoms with Crippen LogP contribution in [-0.2, 0) is 4.74 Å². The predicted octanol–water partition coefficient (Wildman–Crippen LogP) is 4.01. The molecule has 0 spiro atoms. The number of nitrogens with one attached hydrogen (secondary N) is 1. The average molecular weight is 283 g/mol. The normalized spacial score (nSPS) is 14.1. The van der Waals surface area contributed by atoms with Crippen molar-refractivity contribution >= 4 is 0 Å². The van der Waals surface area contributed by atoms with Crippen LogP contribution in [0.1, 0.15) is 46.5 Å². The minimum absolute atomic E-state index is 0.198. The Hall–Kier alpha value is -0.290. The van der Waals surface area contributed by atoms with Gasteiger partial charge in [0, 0.05) is 6.61 Å². The Balaban J connectivity index is 3.64. The summed E-state index contributed by atoms with van der Waals surface area (Å²) in [5.41, 5.74) is 0. The molecule has 1 atom stereocenters. The molecule has 0 aliphatic rings. The molecule has 0 amide bonds. The molecule has 19 heavy (non-hydrogen) atoms. The average Bonchev–Trinajstić information content (AvgIpc) is 2.26. The third-order valence-corrected chi connectivity index (χ3v) is 2.85. The van der Waals surface area contributed by atoms with Crippen LogP contribution in [0.15, 0.2) is 0 Å². The van der Waals surface area contributed by atoms with E-state index in [1.807, 2.05) is 0 Å². The van der Waals surface area contributed by atoms with Gasteiger partial charge in [-0.05, 0) is 44.2 Å². The second-order valence-electron chi connectivity index (χ2n) is 5.52. The van der Waals surface area contributed by atoms with Crippen LogP contribution in [0.4, 0.5) is 13.2 Å². The van der Waals surface area contributed by atoms with Crippen molar-refractivity contribution < 1.29 is 17.9 Å². The molecule has 0 aromatic heterocycles. The summed E-state index contributed by atoms with van der Waals surface area (Å²) in [5.74, 6) is 1.16. The zero-order valence-corrected chi connectivity index (χ0v) is 12.4. The Morgan fingerprint density at radius 2 is 1.79 bits per heavy atom. The van der Waals surface area contributed by atoms with Gasteiger partial charge in [0.1, 0.15) is 6.61 Å². The Morgan fingerprint density at radius 3 is 2.32 bits per heavy atom. The maximum Gasteiger partial charge on any atom is 0.411 e. The quantitative estimate of drug-likeness (QED) is 0.579. The van der Waals surface area contributed by atoms with E-state index >= 15 is 0 Å². The fraction of sp³-hybridized carbons (Fsp3) is 1.00. The lowest BCUT2D eigenvalue weighted by Crippen LogP contribution is -2.26. The largest absolute Gasteiger partial charge is 0.411 e. The van der Waals surface area contributed by atoms with E-state index in [4.69, 9.17) is 0 Å². The monoisotopic (exact) mass is 283 g/mol. The molecule has 0 aliphatic heterocycles. The summed E-state index contributed by atoms with van der Waals surface area (Å²) in [4.78, 5) is 0. The smallest absolute Gasteiger partial charge is 0.372 e. The lowest BCUT2D eigenvalue weighted by molar-refractivity contribution is -0.174. The van der Waals surface area contributed by atoms with Crippen LogP contribution in [0, 0.1) is 11.8 Å². The summed E-state index contributed by atoms with van der Waals surface area (Å²) in [6.07, 6.45) is -0.357. The van der Waals surface area contributed by atoms with Gasteiger partial charge in [-0.15, -0.1) is 0 Å². The molecule has 0 saturated carbocycles. The van der Waals surface area contributed by atoms with Crippen LogP contribution in [0.5, 0.6) is 0 Å². The van der Waals surface area contributed by atoms with Gasteiger partial charge < -0.3 is 10.1 Å². The van der Waals surface area contributed by atoms with Crippen LogP contribution in [0.2, 0.25) is 0 Å². The molecular formula is C14H28F3NO. The molecule has 5 heteroatoms. The molecule has 1 N–H and O–H groups in total. The number of alkyl halides is 3. The topological polar surface area (TPSA) is 21.3 Å². The first kappa shape index (κ1) is 18.7. The molecule has 0 aromatic carbocycles. The highest BCUT2D eigenvalue weighted by Gasteiger charge is 2.27. The Kier molecular flexibility index (Phi) is 10.3. The second-order valence-corrected chi connectivity index (χ2v) is 5.52. The van der Waals surface area contributed by atoms with Crippen molar-refractivity contribution in [1.82, 2.24) is 5.32 Å². The standard InChI is InChI=1S/C14H28F3NO/c1-4-6-13(10-18-9-12(2)3)7-5-8-19-11-14(15,16)17/h12-13,18H,4-11H2,1-3H3. The molecule has 0 heterocycles. The number of rotatable bonds is 11. The van der Waals surface area contributed by atoms with Gasteiger partial charge in [0.05, 0.1) is 0 Å². The Labute approximate surface area is 115 Å². The Bertz CT molecular complexity index is 207. The minimum atomic E-state index is -4.21. The van der Waals surface area contributed by atoms with E-state index in [1.165, 1.54) is 0 Å². The van der Waals surface area contributed by atoms with E-state index in [9.17, 15) is 13.2 Å². The zero-order valence-electron chi connectivity index (χ0n) is 12.4.